The zero-order valence-corrected chi connectivity index (χ0v) is 6.93. The van der Waals surface area contributed by atoms with E-state index in [0.717, 1.165) is 0 Å². The minimum Gasteiger partial charge on any atom is -0.309 e. The van der Waals surface area contributed by atoms with Crippen molar-refractivity contribution in [2.24, 2.45) is 5.92 Å². The number of nitrogens with one attached hydrogen (secondary N) is 1. The average Bonchev–Trinajstić information content (AvgIpc) is 2.46. The van der Waals surface area contributed by atoms with Crippen LogP contribution in [-0.2, 0) is 0 Å². The highest BCUT2D eigenvalue weighted by Gasteiger charge is 2.47. The van der Waals surface area contributed by atoms with E-state index in [9.17, 15) is 13.2 Å². The predicted octanol–water partition coefficient (Wildman–Crippen LogP) is 1.97. The van der Waals surface area contributed by atoms with E-state index in [1.165, 1.54) is 7.05 Å². The van der Waals surface area contributed by atoms with Gasteiger partial charge in [-0.3, -0.25) is 0 Å². The molecule has 1 aliphatic rings. The largest absolute Gasteiger partial charge is 0.404 e. The number of rotatable bonds is 2. The smallest absolute Gasteiger partial charge is 0.309 e. The summed E-state index contributed by atoms with van der Waals surface area (Å²) in [4.78, 5) is 0. The van der Waals surface area contributed by atoms with Crippen LogP contribution in [0.2, 0.25) is 0 Å². The van der Waals surface area contributed by atoms with Gasteiger partial charge in [-0.15, -0.1) is 12.4 Å². The van der Waals surface area contributed by atoms with E-state index >= 15 is 0 Å². The fraction of sp³-hybridized carbons (Fsp3) is 1.00. The second kappa shape index (κ2) is 3.63. The van der Waals surface area contributed by atoms with Gasteiger partial charge in [-0.05, 0) is 25.8 Å². The van der Waals surface area contributed by atoms with E-state index in [1.54, 1.807) is 0 Å². The SMILES string of the molecule is CN[C@@H](C1CC1)C(F)(F)F.Cl. The molecule has 0 saturated heterocycles. The molecule has 0 aromatic heterocycles. The van der Waals surface area contributed by atoms with Crippen LogP contribution in [-0.4, -0.2) is 19.3 Å². The topological polar surface area (TPSA) is 12.0 Å². The van der Waals surface area contributed by atoms with Crippen LogP contribution < -0.4 is 5.32 Å². The zero-order chi connectivity index (χ0) is 7.78. The molecule has 1 atom stereocenters. The molecule has 1 rings (SSSR count). The van der Waals surface area contributed by atoms with Crippen molar-refractivity contribution < 1.29 is 13.2 Å². The van der Waals surface area contributed by atoms with E-state index < -0.39 is 12.2 Å². The van der Waals surface area contributed by atoms with E-state index in [4.69, 9.17) is 0 Å². The Kier molecular flexibility index (Phi) is 3.64. The van der Waals surface area contributed by atoms with E-state index in [-0.39, 0.29) is 18.3 Å². The second-order valence-corrected chi connectivity index (χ2v) is 2.65. The summed E-state index contributed by atoms with van der Waals surface area (Å²) in [7, 11) is 1.36. The van der Waals surface area contributed by atoms with Crippen LogP contribution in [0.4, 0.5) is 13.2 Å². The monoisotopic (exact) mass is 189 g/mol. The third kappa shape index (κ3) is 2.87. The lowest BCUT2D eigenvalue weighted by atomic mass is 10.2. The van der Waals surface area contributed by atoms with Gasteiger partial charge in [-0.1, -0.05) is 0 Å². The van der Waals surface area contributed by atoms with Gasteiger partial charge in [0.2, 0.25) is 0 Å². The highest BCUT2D eigenvalue weighted by Crippen LogP contribution is 2.39. The Bertz CT molecular complexity index is 121. The molecule has 0 bridgehead atoms. The Morgan fingerprint density at radius 3 is 1.91 bits per heavy atom. The highest BCUT2D eigenvalue weighted by atomic mass is 35.5. The fourth-order valence-electron chi connectivity index (χ4n) is 1.10. The standard InChI is InChI=1S/C6H10F3N.ClH/c1-10-5(4-2-3-4)6(7,8)9;/h4-5,10H,2-3H2,1H3;1H/t5-;/m0./s1. The molecule has 1 saturated carbocycles. The first-order valence-electron chi connectivity index (χ1n) is 3.29. The average molecular weight is 190 g/mol. The highest BCUT2D eigenvalue weighted by molar-refractivity contribution is 5.85. The molecule has 1 nitrogen and oxygen atoms in total. The lowest BCUT2D eigenvalue weighted by Gasteiger charge is -2.18. The Morgan fingerprint density at radius 2 is 1.82 bits per heavy atom. The summed E-state index contributed by atoms with van der Waals surface area (Å²) in [5.41, 5.74) is 0. The molecule has 0 aromatic carbocycles. The summed E-state index contributed by atoms with van der Waals surface area (Å²) in [6.07, 6.45) is -2.63. The summed E-state index contributed by atoms with van der Waals surface area (Å²) in [5, 5.41) is 2.28. The molecule has 68 valence electrons. The van der Waals surface area contributed by atoms with Crippen LogP contribution >= 0.6 is 12.4 Å². The summed E-state index contributed by atoms with van der Waals surface area (Å²) in [6, 6.07) is -1.27. The number of halogens is 4. The quantitative estimate of drug-likeness (QED) is 0.701. The van der Waals surface area contributed by atoms with Gasteiger partial charge >= 0.3 is 6.18 Å². The number of alkyl halides is 3. The number of hydrogen-bond acceptors (Lipinski definition) is 1. The molecule has 1 N–H and O–H groups in total. The minimum atomic E-state index is -4.06. The van der Waals surface area contributed by atoms with Crippen LogP contribution in [0, 0.1) is 5.92 Å². The van der Waals surface area contributed by atoms with Gasteiger partial charge in [0.05, 0.1) is 0 Å². The first-order valence-corrected chi connectivity index (χ1v) is 3.29. The maximum Gasteiger partial charge on any atom is 0.404 e. The summed E-state index contributed by atoms with van der Waals surface area (Å²) >= 11 is 0. The van der Waals surface area contributed by atoms with Crippen molar-refractivity contribution in [2.75, 3.05) is 7.05 Å². The van der Waals surface area contributed by atoms with Crippen molar-refractivity contribution in [1.29, 1.82) is 0 Å². The molecule has 11 heavy (non-hydrogen) atoms. The van der Waals surface area contributed by atoms with Gasteiger partial charge < -0.3 is 5.32 Å². The van der Waals surface area contributed by atoms with E-state index in [1.807, 2.05) is 0 Å². The molecule has 1 aliphatic carbocycles. The normalized spacial score (nSPS) is 20.7. The van der Waals surface area contributed by atoms with Gasteiger partial charge in [-0.2, -0.15) is 13.2 Å². The second-order valence-electron chi connectivity index (χ2n) is 2.65. The van der Waals surface area contributed by atoms with Crippen LogP contribution in [0.15, 0.2) is 0 Å². The van der Waals surface area contributed by atoms with E-state index in [2.05, 4.69) is 5.32 Å². The maximum atomic E-state index is 11.9. The third-order valence-electron chi connectivity index (χ3n) is 1.76. The van der Waals surface area contributed by atoms with Gasteiger partial charge in [0.15, 0.2) is 0 Å². The van der Waals surface area contributed by atoms with Crippen molar-refractivity contribution in [2.45, 2.75) is 25.1 Å². The molecule has 5 heteroatoms. The third-order valence-corrected chi connectivity index (χ3v) is 1.76. The van der Waals surface area contributed by atoms with Crippen molar-refractivity contribution >= 4 is 12.4 Å². The number of hydrogen-bond donors (Lipinski definition) is 1. The maximum absolute atomic E-state index is 11.9. The molecule has 0 amide bonds. The predicted molar refractivity (Wildman–Crippen MR) is 38.9 cm³/mol. The lowest BCUT2D eigenvalue weighted by molar-refractivity contribution is -0.159. The summed E-state index contributed by atoms with van der Waals surface area (Å²) in [6.45, 7) is 0. The van der Waals surface area contributed by atoms with Crippen LogP contribution in [0.3, 0.4) is 0 Å². The first-order chi connectivity index (χ1) is 4.55. The summed E-state index contributed by atoms with van der Waals surface area (Å²) < 4.78 is 35.8. The van der Waals surface area contributed by atoms with Crippen LogP contribution in [0.5, 0.6) is 0 Å². The molecule has 0 aliphatic heterocycles. The molecule has 0 radical (unpaired) electrons. The molecular weight excluding hydrogens is 179 g/mol. The molecular formula is C6H11ClF3N. The van der Waals surface area contributed by atoms with Crippen molar-refractivity contribution in [1.82, 2.24) is 5.32 Å². The van der Waals surface area contributed by atoms with Gasteiger partial charge in [0, 0.05) is 0 Å². The van der Waals surface area contributed by atoms with Gasteiger partial charge in [0.1, 0.15) is 6.04 Å². The van der Waals surface area contributed by atoms with Crippen LogP contribution in [0.1, 0.15) is 12.8 Å². The molecule has 0 aromatic rings. The molecule has 0 unspecified atom stereocenters. The van der Waals surface area contributed by atoms with Gasteiger partial charge in [0.25, 0.3) is 0 Å². The molecule has 0 spiro atoms. The summed E-state index contributed by atoms with van der Waals surface area (Å²) in [5.74, 6) is -0.162. The van der Waals surface area contributed by atoms with Crippen molar-refractivity contribution in [3.63, 3.8) is 0 Å². The Labute approximate surface area is 69.8 Å². The molecule has 1 fully saturated rings. The Morgan fingerprint density at radius 1 is 1.36 bits per heavy atom. The zero-order valence-electron chi connectivity index (χ0n) is 6.11. The first kappa shape index (κ1) is 11.0. The fourth-order valence-corrected chi connectivity index (χ4v) is 1.10. The van der Waals surface area contributed by atoms with Crippen LogP contribution in [0.25, 0.3) is 0 Å². The minimum absolute atomic E-state index is 0. The Balaban J connectivity index is 0.000001000. The molecule has 0 heterocycles. The van der Waals surface area contributed by atoms with Crippen molar-refractivity contribution in [3.8, 4) is 0 Å². The van der Waals surface area contributed by atoms with Gasteiger partial charge in [-0.25, -0.2) is 0 Å². The lowest BCUT2D eigenvalue weighted by Crippen LogP contribution is -2.41. The Hall–Kier alpha value is 0.0400. The van der Waals surface area contributed by atoms with E-state index in [0.29, 0.717) is 12.8 Å². The van der Waals surface area contributed by atoms with Crippen molar-refractivity contribution in [3.05, 3.63) is 0 Å².